The molecular formula is C15H18N4O3. The first-order valence-corrected chi connectivity index (χ1v) is 7.04. The molecule has 1 aromatic carbocycles. The molecule has 1 aromatic heterocycles. The first kappa shape index (κ1) is 14.7. The highest BCUT2D eigenvalue weighted by Gasteiger charge is 2.47. The average Bonchev–Trinajstić information content (AvgIpc) is 2.54. The van der Waals surface area contributed by atoms with E-state index in [2.05, 4.69) is 15.3 Å². The number of rotatable bonds is 2. The highest BCUT2D eigenvalue weighted by Crippen LogP contribution is 2.35. The van der Waals surface area contributed by atoms with Crippen molar-refractivity contribution < 1.29 is 14.6 Å². The molecule has 1 unspecified atom stereocenters. The number of ether oxygens (including phenoxy) is 1. The zero-order chi connectivity index (χ0) is 15.7. The normalized spacial score (nSPS) is 25.4. The summed E-state index contributed by atoms with van der Waals surface area (Å²) in [4.78, 5) is 21.3. The van der Waals surface area contributed by atoms with E-state index in [0.717, 1.165) is 16.5 Å². The molecule has 7 heteroatoms. The molecular weight excluding hydrogens is 284 g/mol. The molecule has 0 spiro atoms. The Morgan fingerprint density at radius 1 is 1.55 bits per heavy atom. The number of amides is 1. The minimum Gasteiger partial charge on any atom is -0.465 e. The predicted octanol–water partition coefficient (Wildman–Crippen LogP) is 1.40. The average molecular weight is 302 g/mol. The minimum absolute atomic E-state index is 0.398. The number of fused-ring (bicyclic) bond motifs is 1. The molecule has 1 amide bonds. The molecule has 2 aromatic rings. The lowest BCUT2D eigenvalue weighted by molar-refractivity contribution is -0.0798. The monoisotopic (exact) mass is 302 g/mol. The Morgan fingerprint density at radius 3 is 3.09 bits per heavy atom. The Kier molecular flexibility index (Phi) is 3.67. The first-order valence-electron chi connectivity index (χ1n) is 7.04. The number of piperazine rings is 1. The third-order valence-electron chi connectivity index (χ3n) is 4.29. The van der Waals surface area contributed by atoms with Crippen LogP contribution in [0.1, 0.15) is 12.5 Å². The lowest BCUT2D eigenvalue weighted by Gasteiger charge is -2.48. The van der Waals surface area contributed by atoms with E-state index >= 15 is 0 Å². The van der Waals surface area contributed by atoms with Gasteiger partial charge in [-0.2, -0.15) is 0 Å². The van der Waals surface area contributed by atoms with Crippen LogP contribution in [0.3, 0.4) is 0 Å². The number of hydrogen-bond acceptors (Lipinski definition) is 5. The summed E-state index contributed by atoms with van der Waals surface area (Å²) in [5.41, 5.74) is 0.835. The van der Waals surface area contributed by atoms with E-state index in [1.54, 1.807) is 13.3 Å². The van der Waals surface area contributed by atoms with Crippen LogP contribution in [0, 0.1) is 0 Å². The molecule has 0 radical (unpaired) electrons. The van der Waals surface area contributed by atoms with Gasteiger partial charge in [0.1, 0.15) is 18.1 Å². The standard InChI is InChI=1S/C15H18N4O3/c1-15(13(22-2)17-5-6-19(15)14(20)21)11-3-4-12-10(7-11)8-16-9-18-12/h3-4,7-9,13,17H,5-6H2,1-2H3,(H,20,21)/t13?,15-/m1/s1. The maximum atomic E-state index is 11.7. The van der Waals surface area contributed by atoms with Crippen molar-refractivity contribution in [2.45, 2.75) is 18.7 Å². The first-order chi connectivity index (χ1) is 10.6. The second-order valence-corrected chi connectivity index (χ2v) is 5.45. The molecule has 2 atom stereocenters. The van der Waals surface area contributed by atoms with E-state index in [0.29, 0.717) is 13.1 Å². The van der Waals surface area contributed by atoms with Crippen LogP contribution in [0.25, 0.3) is 10.9 Å². The predicted molar refractivity (Wildman–Crippen MR) is 80.4 cm³/mol. The van der Waals surface area contributed by atoms with Crippen molar-refractivity contribution in [3.63, 3.8) is 0 Å². The van der Waals surface area contributed by atoms with Crippen molar-refractivity contribution in [2.75, 3.05) is 20.2 Å². The van der Waals surface area contributed by atoms with Crippen LogP contribution in [-0.4, -0.2) is 52.5 Å². The summed E-state index contributed by atoms with van der Waals surface area (Å²) in [5, 5.41) is 13.7. The third-order valence-corrected chi connectivity index (χ3v) is 4.29. The van der Waals surface area contributed by atoms with Gasteiger partial charge >= 0.3 is 6.09 Å². The van der Waals surface area contributed by atoms with Crippen LogP contribution in [0.15, 0.2) is 30.7 Å². The summed E-state index contributed by atoms with van der Waals surface area (Å²) in [6.45, 7) is 2.82. The van der Waals surface area contributed by atoms with Gasteiger partial charge in [0.05, 0.1) is 5.52 Å². The van der Waals surface area contributed by atoms with E-state index in [-0.39, 0.29) is 0 Å². The number of methoxy groups -OCH3 is 1. The molecule has 116 valence electrons. The third kappa shape index (κ3) is 2.18. The van der Waals surface area contributed by atoms with Crippen LogP contribution >= 0.6 is 0 Å². The van der Waals surface area contributed by atoms with Crippen LogP contribution in [-0.2, 0) is 10.3 Å². The second-order valence-electron chi connectivity index (χ2n) is 5.45. The van der Waals surface area contributed by atoms with Crippen molar-refractivity contribution in [1.82, 2.24) is 20.2 Å². The number of carbonyl (C=O) groups is 1. The van der Waals surface area contributed by atoms with Gasteiger partial charge in [-0.25, -0.2) is 14.8 Å². The lowest BCUT2D eigenvalue weighted by atomic mass is 9.86. The van der Waals surface area contributed by atoms with E-state index in [9.17, 15) is 9.90 Å². The van der Waals surface area contributed by atoms with Crippen molar-refractivity contribution in [3.8, 4) is 0 Å². The van der Waals surface area contributed by atoms with Crippen LogP contribution in [0.4, 0.5) is 4.79 Å². The van der Waals surface area contributed by atoms with E-state index in [4.69, 9.17) is 4.74 Å². The number of nitrogens with zero attached hydrogens (tertiary/aromatic N) is 3. The molecule has 1 aliphatic heterocycles. The fourth-order valence-corrected chi connectivity index (χ4v) is 3.09. The van der Waals surface area contributed by atoms with Gasteiger partial charge in [0, 0.05) is 31.8 Å². The molecule has 3 rings (SSSR count). The largest absolute Gasteiger partial charge is 0.465 e. The molecule has 1 aliphatic rings. The minimum atomic E-state index is -0.963. The molecule has 1 fully saturated rings. The summed E-state index contributed by atoms with van der Waals surface area (Å²) in [6.07, 6.45) is 1.82. The number of benzene rings is 1. The fourth-order valence-electron chi connectivity index (χ4n) is 3.09. The zero-order valence-electron chi connectivity index (χ0n) is 12.5. The number of aromatic nitrogens is 2. The van der Waals surface area contributed by atoms with Crippen molar-refractivity contribution in [1.29, 1.82) is 0 Å². The molecule has 0 aliphatic carbocycles. The van der Waals surface area contributed by atoms with Gasteiger partial charge in [0.15, 0.2) is 0 Å². The fraction of sp³-hybridized carbons (Fsp3) is 0.400. The molecule has 0 bridgehead atoms. The molecule has 2 N–H and O–H groups in total. The molecule has 7 nitrogen and oxygen atoms in total. The van der Waals surface area contributed by atoms with Gasteiger partial charge < -0.3 is 9.84 Å². The maximum Gasteiger partial charge on any atom is 0.408 e. The summed E-state index contributed by atoms with van der Waals surface area (Å²) in [5.74, 6) is 0. The van der Waals surface area contributed by atoms with Gasteiger partial charge in [-0.1, -0.05) is 6.07 Å². The van der Waals surface area contributed by atoms with E-state index in [1.807, 2.05) is 25.1 Å². The Balaban J connectivity index is 2.14. The molecule has 0 saturated carbocycles. The summed E-state index contributed by atoms with van der Waals surface area (Å²) >= 11 is 0. The van der Waals surface area contributed by atoms with Gasteiger partial charge in [0.2, 0.25) is 0 Å². The van der Waals surface area contributed by atoms with Crippen molar-refractivity contribution >= 4 is 17.0 Å². The highest BCUT2D eigenvalue weighted by molar-refractivity contribution is 5.78. The molecule has 2 heterocycles. The topological polar surface area (TPSA) is 87.6 Å². The van der Waals surface area contributed by atoms with Crippen LogP contribution in [0.2, 0.25) is 0 Å². The van der Waals surface area contributed by atoms with E-state index < -0.39 is 17.9 Å². The number of nitrogens with one attached hydrogen (secondary N) is 1. The van der Waals surface area contributed by atoms with Gasteiger partial charge in [-0.15, -0.1) is 0 Å². The van der Waals surface area contributed by atoms with E-state index in [1.165, 1.54) is 11.2 Å². The molecule has 22 heavy (non-hydrogen) atoms. The van der Waals surface area contributed by atoms with Gasteiger partial charge in [-0.3, -0.25) is 10.2 Å². The van der Waals surface area contributed by atoms with Gasteiger partial charge in [0.25, 0.3) is 0 Å². The number of carboxylic acid groups (broad SMARTS) is 1. The Hall–Kier alpha value is -2.25. The quantitative estimate of drug-likeness (QED) is 0.872. The summed E-state index contributed by atoms with van der Waals surface area (Å²) in [6, 6.07) is 5.69. The second kappa shape index (κ2) is 5.51. The van der Waals surface area contributed by atoms with Crippen molar-refractivity contribution in [2.24, 2.45) is 0 Å². The zero-order valence-corrected chi connectivity index (χ0v) is 12.5. The number of hydrogen-bond donors (Lipinski definition) is 2. The summed E-state index contributed by atoms with van der Waals surface area (Å²) in [7, 11) is 1.57. The Morgan fingerprint density at radius 2 is 2.36 bits per heavy atom. The SMILES string of the molecule is COC1NCCN(C(=O)O)[C@]1(C)c1ccc2ncncc2c1. The Bertz CT molecular complexity index is 708. The van der Waals surface area contributed by atoms with Gasteiger partial charge in [-0.05, 0) is 24.6 Å². The van der Waals surface area contributed by atoms with Crippen LogP contribution < -0.4 is 5.32 Å². The smallest absolute Gasteiger partial charge is 0.408 e. The lowest BCUT2D eigenvalue weighted by Crippen LogP contribution is -2.65. The maximum absolute atomic E-state index is 11.7. The molecule has 1 saturated heterocycles. The Labute approximate surface area is 127 Å². The highest BCUT2D eigenvalue weighted by atomic mass is 16.5. The summed E-state index contributed by atoms with van der Waals surface area (Å²) < 4.78 is 5.51. The van der Waals surface area contributed by atoms with Crippen molar-refractivity contribution in [3.05, 3.63) is 36.3 Å². The van der Waals surface area contributed by atoms with Crippen LogP contribution in [0.5, 0.6) is 0 Å².